The van der Waals surface area contributed by atoms with E-state index in [2.05, 4.69) is 35.5 Å². The average molecular weight is 1040 g/mol. The van der Waals surface area contributed by atoms with Crippen molar-refractivity contribution in [2.24, 2.45) is 5.92 Å². The van der Waals surface area contributed by atoms with Crippen LogP contribution in [0.5, 0.6) is 11.5 Å². The lowest BCUT2D eigenvalue weighted by molar-refractivity contribution is -0.143. The maximum atomic E-state index is 14.4. The number of piperidine rings is 1. The fraction of sp³-hybridized carbons (Fsp3) is 0.446. The topological polar surface area (TPSA) is 212 Å². The van der Waals surface area contributed by atoms with Gasteiger partial charge < -0.3 is 44.9 Å². The number of aliphatic hydroxyl groups is 1. The van der Waals surface area contributed by atoms with Crippen molar-refractivity contribution in [3.8, 4) is 33.9 Å². The van der Waals surface area contributed by atoms with Gasteiger partial charge in [0.05, 0.1) is 17.5 Å². The molecule has 1 aliphatic carbocycles. The lowest BCUT2D eigenvalue weighted by atomic mass is 9.81. The van der Waals surface area contributed by atoms with Crippen LogP contribution >= 0.6 is 11.6 Å². The number of rotatable bonds is 13. The number of piperazine rings is 1. The predicted octanol–water partition coefficient (Wildman–Crippen LogP) is 8.24. The third kappa shape index (κ3) is 10.2. The summed E-state index contributed by atoms with van der Waals surface area (Å²) in [4.78, 5) is 52.1. The number of aromatic nitrogens is 5. The Morgan fingerprint density at radius 2 is 1.51 bits per heavy atom. The van der Waals surface area contributed by atoms with Crippen molar-refractivity contribution in [2.45, 2.75) is 120 Å². The standard InChI is InChI=1S/C56H63ClFN11O6/c1-32(2)49(55(73)68-31-40(70)25-47(68)54(72)65-74-41-19-13-34(14-20-41)42-7-3-5-9-44(42)58)52-50(57)51(64-75-52)35-11-15-37(16-12-35)66-23-21-33(22-24-66)36-27-60-56(61-28-36)69-38-17-18-39(69)30-67(29-38)46-26-45(62-63-53(46)59)43-8-4-6-10-48(43)71/h3-10,13-14,19-20,26-28,32-33,35,37-40,47,49,70-71H,11-12,15-18,21-25,29-31H2,1-2H3,(H2,59,63)(H,65,72)/t35-,37+,38?,39?,40-,47+,49-/m1/s1. The SMILES string of the molecule is CC(C)[C@@H](C(=O)N1C[C@H](O)C[C@H]1C(=O)NOc1ccc(-c2ccccc2F)cc1)c1onc([C@H]2CC[C@@H](N3CCC(c4cnc(N5C6CCC5CN(c5cc(-c7ccccc7O)nnc5N)C6)nc4)CC3)CC2)c1Cl. The van der Waals surface area contributed by atoms with Crippen molar-refractivity contribution in [1.82, 2.24) is 40.6 Å². The van der Waals surface area contributed by atoms with Crippen molar-refractivity contribution < 1.29 is 33.6 Å². The number of nitrogens with zero attached hydrogens (tertiary/aromatic N) is 9. The van der Waals surface area contributed by atoms with E-state index in [-0.39, 0.29) is 60.1 Å². The maximum Gasteiger partial charge on any atom is 0.275 e. The van der Waals surface area contributed by atoms with E-state index in [1.807, 2.05) is 44.4 Å². The number of β-amino-alcohol motifs (C(OH)–C–C–N with tert-alkyl or cyclic N) is 1. The van der Waals surface area contributed by atoms with Crippen LogP contribution in [0.1, 0.15) is 106 Å². The number of likely N-dealkylation sites (tertiary alicyclic amines) is 2. The number of amides is 2. The Bertz CT molecular complexity index is 2990. The van der Waals surface area contributed by atoms with Crippen LogP contribution in [-0.4, -0.2) is 120 Å². The molecule has 5 fully saturated rings. The number of fused-ring (bicyclic) bond motifs is 2. The van der Waals surface area contributed by atoms with Crippen molar-refractivity contribution in [1.29, 1.82) is 0 Å². The molecule has 3 aromatic heterocycles. The van der Waals surface area contributed by atoms with Crippen molar-refractivity contribution in [3.63, 3.8) is 0 Å². The first-order chi connectivity index (χ1) is 36.4. The van der Waals surface area contributed by atoms with Crippen LogP contribution in [0.3, 0.4) is 0 Å². The molecule has 75 heavy (non-hydrogen) atoms. The number of aromatic hydroxyl groups is 1. The van der Waals surface area contributed by atoms with Crippen LogP contribution in [0.25, 0.3) is 22.4 Å². The van der Waals surface area contributed by atoms with Gasteiger partial charge in [0.25, 0.3) is 5.91 Å². The zero-order valence-electron chi connectivity index (χ0n) is 42.1. The van der Waals surface area contributed by atoms with Gasteiger partial charge in [0.15, 0.2) is 17.3 Å². The van der Waals surface area contributed by atoms with Crippen LogP contribution < -0.4 is 25.9 Å². The highest BCUT2D eigenvalue weighted by Gasteiger charge is 2.46. The van der Waals surface area contributed by atoms with Gasteiger partial charge in [-0.1, -0.05) is 73.1 Å². The molecule has 2 unspecified atom stereocenters. The van der Waals surface area contributed by atoms with Crippen LogP contribution in [0.15, 0.2) is 95.8 Å². The van der Waals surface area contributed by atoms with E-state index in [1.54, 1.807) is 54.6 Å². The molecule has 6 aromatic rings. The second-order valence-electron chi connectivity index (χ2n) is 21.3. The minimum Gasteiger partial charge on any atom is -0.507 e. The first kappa shape index (κ1) is 50.3. The largest absolute Gasteiger partial charge is 0.507 e. The molecule has 11 rings (SSSR count). The molecule has 5 aliphatic rings. The molecule has 0 radical (unpaired) electrons. The summed E-state index contributed by atoms with van der Waals surface area (Å²) < 4.78 is 20.3. The fourth-order valence-corrected chi connectivity index (χ4v) is 12.7. The number of anilines is 3. The number of hydrogen-bond acceptors (Lipinski definition) is 15. The van der Waals surface area contributed by atoms with E-state index < -0.39 is 24.0 Å². The molecule has 392 valence electrons. The normalized spacial score (nSPS) is 23.7. The second-order valence-corrected chi connectivity index (χ2v) is 21.7. The molecule has 19 heteroatoms. The monoisotopic (exact) mass is 1040 g/mol. The molecule has 5 atom stereocenters. The second kappa shape index (κ2) is 21.4. The molecule has 4 saturated heterocycles. The number of benzene rings is 3. The van der Waals surface area contributed by atoms with Gasteiger partial charge in [-0.25, -0.2) is 14.4 Å². The highest BCUT2D eigenvalue weighted by molar-refractivity contribution is 6.32. The molecule has 5 N–H and O–H groups in total. The molecule has 1 saturated carbocycles. The number of para-hydroxylation sites is 1. The number of carbonyl (C=O) groups is 2. The summed E-state index contributed by atoms with van der Waals surface area (Å²) in [6.07, 6.45) is 11.1. The summed E-state index contributed by atoms with van der Waals surface area (Å²) in [5.74, 6) is -0.0381. The Balaban J connectivity index is 0.661. The number of nitrogen functional groups attached to an aromatic ring is 1. The quantitative estimate of drug-likeness (QED) is 0.0802. The van der Waals surface area contributed by atoms with Gasteiger partial charge in [-0.15, -0.1) is 10.2 Å². The van der Waals surface area contributed by atoms with Gasteiger partial charge in [-0.3, -0.25) is 9.59 Å². The van der Waals surface area contributed by atoms with Crippen molar-refractivity contribution >= 4 is 40.9 Å². The highest BCUT2D eigenvalue weighted by atomic mass is 35.5. The summed E-state index contributed by atoms with van der Waals surface area (Å²) in [5, 5.41) is 34.6. The lowest BCUT2D eigenvalue weighted by Crippen LogP contribution is -2.54. The number of hydrogen-bond donors (Lipinski definition) is 4. The number of nitrogens with two attached hydrogens (primary N) is 1. The number of aliphatic hydroxyl groups excluding tert-OH is 1. The number of phenolic OH excluding ortho intramolecular Hbond substituents is 1. The van der Waals surface area contributed by atoms with E-state index in [9.17, 15) is 24.2 Å². The summed E-state index contributed by atoms with van der Waals surface area (Å²) in [5.41, 5.74) is 13.8. The van der Waals surface area contributed by atoms with E-state index in [1.165, 1.54) is 16.5 Å². The third-order valence-electron chi connectivity index (χ3n) is 16.4. The molecule has 2 bridgehead atoms. The van der Waals surface area contributed by atoms with Crippen LogP contribution in [0, 0.1) is 11.7 Å². The molecule has 2 amide bonds. The van der Waals surface area contributed by atoms with E-state index in [4.69, 9.17) is 36.7 Å². The molecule has 7 heterocycles. The Hall–Kier alpha value is -6.89. The fourth-order valence-electron chi connectivity index (χ4n) is 12.4. The molecule has 4 aliphatic heterocycles. The van der Waals surface area contributed by atoms with Gasteiger partial charge in [0.1, 0.15) is 34.2 Å². The van der Waals surface area contributed by atoms with E-state index in [0.717, 1.165) is 89.2 Å². The van der Waals surface area contributed by atoms with E-state index >= 15 is 0 Å². The van der Waals surface area contributed by atoms with Gasteiger partial charge in [0.2, 0.25) is 11.9 Å². The zero-order valence-corrected chi connectivity index (χ0v) is 42.9. The van der Waals surface area contributed by atoms with E-state index in [0.29, 0.717) is 56.6 Å². The number of nitrogens with one attached hydrogen (secondary N) is 1. The first-order valence-corrected chi connectivity index (χ1v) is 26.7. The number of halogens is 2. The van der Waals surface area contributed by atoms with Gasteiger partial charge >= 0.3 is 0 Å². The number of carbonyl (C=O) groups excluding carboxylic acids is 2. The molecular formula is C56H63ClFN11O6. The Labute approximate surface area is 440 Å². The Morgan fingerprint density at radius 1 is 0.840 bits per heavy atom. The van der Waals surface area contributed by atoms with Gasteiger partial charge in [0, 0.05) is 73.6 Å². The first-order valence-electron chi connectivity index (χ1n) is 26.3. The predicted molar refractivity (Wildman–Crippen MR) is 281 cm³/mol. The molecule has 3 aromatic carbocycles. The van der Waals surface area contributed by atoms with Gasteiger partial charge in [-0.2, -0.15) is 5.48 Å². The summed E-state index contributed by atoms with van der Waals surface area (Å²) >= 11 is 7.11. The van der Waals surface area contributed by atoms with Gasteiger partial charge in [-0.05, 0) is 124 Å². The number of hydroxylamine groups is 1. The molecule has 17 nitrogen and oxygen atoms in total. The van der Waals surface area contributed by atoms with Crippen molar-refractivity contribution in [2.75, 3.05) is 48.3 Å². The highest BCUT2D eigenvalue weighted by Crippen LogP contribution is 2.44. The minimum absolute atomic E-state index is 0.0335. The summed E-state index contributed by atoms with van der Waals surface area (Å²) in [6.45, 7) is 7.28. The number of phenols is 1. The van der Waals surface area contributed by atoms with Crippen LogP contribution in [-0.2, 0) is 9.59 Å². The van der Waals surface area contributed by atoms with Crippen molar-refractivity contribution in [3.05, 3.63) is 119 Å². The zero-order chi connectivity index (χ0) is 51.9. The maximum absolute atomic E-state index is 14.4. The Morgan fingerprint density at radius 3 is 2.19 bits per heavy atom. The van der Waals surface area contributed by atoms with Crippen LogP contribution in [0.4, 0.5) is 21.8 Å². The third-order valence-corrected chi connectivity index (χ3v) is 16.7. The minimum atomic E-state index is -0.998. The lowest BCUT2D eigenvalue weighted by Gasteiger charge is -2.42. The average Bonchev–Trinajstić information content (AvgIpc) is 4.10. The Kier molecular flexibility index (Phi) is 14.3. The summed E-state index contributed by atoms with van der Waals surface area (Å²) in [7, 11) is 0. The van der Waals surface area contributed by atoms with Crippen LogP contribution in [0.2, 0.25) is 5.02 Å². The summed E-state index contributed by atoms with van der Waals surface area (Å²) in [6, 6.07) is 22.0. The molecule has 0 spiro atoms. The smallest absolute Gasteiger partial charge is 0.275 e. The molecular weight excluding hydrogens is 977 g/mol.